The topological polar surface area (TPSA) is 58.5 Å². The largest absolute Gasteiger partial charge is 0.308 e. The summed E-state index contributed by atoms with van der Waals surface area (Å²) in [6.45, 7) is 10.8. The summed E-state index contributed by atoms with van der Waals surface area (Å²) in [7, 11) is 0. The van der Waals surface area contributed by atoms with Gasteiger partial charge in [0.2, 0.25) is 0 Å². The summed E-state index contributed by atoms with van der Waals surface area (Å²) >= 11 is 0. The van der Waals surface area contributed by atoms with Gasteiger partial charge in [0.1, 0.15) is 0 Å². The molecule has 24 heavy (non-hydrogen) atoms. The van der Waals surface area contributed by atoms with E-state index in [1.165, 1.54) is 22.4 Å². The Morgan fingerprint density at radius 2 is 1.67 bits per heavy atom. The number of aromatic amines is 1. The molecule has 5 nitrogen and oxygen atoms in total. The van der Waals surface area contributed by atoms with E-state index in [-0.39, 0.29) is 0 Å². The van der Waals surface area contributed by atoms with Gasteiger partial charge in [0, 0.05) is 35.6 Å². The fourth-order valence-electron chi connectivity index (χ4n) is 3.05. The van der Waals surface area contributed by atoms with Crippen molar-refractivity contribution >= 4 is 0 Å². The summed E-state index contributed by atoms with van der Waals surface area (Å²) in [4.78, 5) is 0. The number of hydrogen-bond donors (Lipinski definition) is 2. The number of aryl methyl sites for hydroxylation is 3. The number of nitrogens with one attached hydrogen (secondary N) is 2. The fraction of sp³-hybridized carbons (Fsp3) is 0.368. The molecule has 2 N–H and O–H groups in total. The van der Waals surface area contributed by atoms with Crippen molar-refractivity contribution in [2.75, 3.05) is 0 Å². The van der Waals surface area contributed by atoms with E-state index in [4.69, 9.17) is 5.10 Å². The van der Waals surface area contributed by atoms with Gasteiger partial charge in [-0.1, -0.05) is 30.3 Å². The molecule has 2 heterocycles. The van der Waals surface area contributed by atoms with Gasteiger partial charge < -0.3 is 5.32 Å². The Morgan fingerprint density at radius 1 is 0.958 bits per heavy atom. The van der Waals surface area contributed by atoms with Crippen LogP contribution in [-0.2, 0) is 19.6 Å². The molecule has 0 saturated carbocycles. The van der Waals surface area contributed by atoms with Crippen LogP contribution < -0.4 is 5.32 Å². The Morgan fingerprint density at radius 3 is 2.33 bits per heavy atom. The van der Waals surface area contributed by atoms with E-state index in [2.05, 4.69) is 65.2 Å². The second-order valence-electron chi connectivity index (χ2n) is 6.31. The molecule has 3 rings (SSSR count). The van der Waals surface area contributed by atoms with E-state index in [0.717, 1.165) is 36.7 Å². The molecule has 0 aliphatic heterocycles. The highest BCUT2D eigenvalue weighted by atomic mass is 15.3. The van der Waals surface area contributed by atoms with Crippen molar-refractivity contribution in [1.29, 1.82) is 0 Å². The van der Waals surface area contributed by atoms with Crippen LogP contribution in [0.3, 0.4) is 0 Å². The molecule has 0 spiro atoms. The first-order valence-electron chi connectivity index (χ1n) is 8.34. The third-order valence-electron chi connectivity index (χ3n) is 4.59. The van der Waals surface area contributed by atoms with Gasteiger partial charge >= 0.3 is 0 Å². The minimum absolute atomic E-state index is 0.813. The third kappa shape index (κ3) is 3.41. The molecule has 0 aliphatic carbocycles. The highest BCUT2D eigenvalue weighted by Gasteiger charge is 2.12. The van der Waals surface area contributed by atoms with Gasteiger partial charge in [0.25, 0.3) is 0 Å². The van der Waals surface area contributed by atoms with Crippen molar-refractivity contribution < 1.29 is 0 Å². The lowest BCUT2D eigenvalue weighted by molar-refractivity contribution is 0.652. The second-order valence-corrected chi connectivity index (χ2v) is 6.31. The number of rotatable bonds is 6. The lowest BCUT2D eigenvalue weighted by Crippen LogP contribution is -2.15. The molecular formula is C19H25N5. The normalized spacial score (nSPS) is 11.2. The average Bonchev–Trinajstić information content (AvgIpc) is 3.02. The molecule has 5 heteroatoms. The van der Waals surface area contributed by atoms with Gasteiger partial charge in [-0.05, 0) is 33.3 Å². The smallest absolute Gasteiger partial charge is 0.0662 e. The van der Waals surface area contributed by atoms with Crippen LogP contribution >= 0.6 is 0 Å². The maximum atomic E-state index is 4.71. The lowest BCUT2D eigenvalue weighted by Gasteiger charge is -2.07. The van der Waals surface area contributed by atoms with Gasteiger partial charge in [-0.2, -0.15) is 10.2 Å². The van der Waals surface area contributed by atoms with Crippen molar-refractivity contribution in [3.05, 3.63) is 69.8 Å². The number of H-pyrrole nitrogens is 1. The summed E-state index contributed by atoms with van der Waals surface area (Å²) in [6, 6.07) is 10.5. The van der Waals surface area contributed by atoms with Crippen LogP contribution in [-0.4, -0.2) is 20.0 Å². The summed E-state index contributed by atoms with van der Waals surface area (Å²) in [6.07, 6.45) is 0. The van der Waals surface area contributed by atoms with E-state index in [0.29, 0.717) is 0 Å². The minimum atomic E-state index is 0.813. The van der Waals surface area contributed by atoms with Crippen LogP contribution in [0.4, 0.5) is 0 Å². The van der Waals surface area contributed by atoms with Crippen molar-refractivity contribution in [3.63, 3.8) is 0 Å². The number of benzene rings is 1. The highest BCUT2D eigenvalue weighted by molar-refractivity contribution is 5.27. The number of hydrogen-bond acceptors (Lipinski definition) is 3. The van der Waals surface area contributed by atoms with E-state index in [9.17, 15) is 0 Å². The molecule has 0 bridgehead atoms. The average molecular weight is 323 g/mol. The Hall–Kier alpha value is -2.40. The molecule has 0 atom stereocenters. The van der Waals surface area contributed by atoms with Crippen LogP contribution in [0.2, 0.25) is 0 Å². The maximum absolute atomic E-state index is 4.71. The van der Waals surface area contributed by atoms with Crippen molar-refractivity contribution in [2.24, 2.45) is 0 Å². The molecule has 0 radical (unpaired) electrons. The minimum Gasteiger partial charge on any atom is -0.308 e. The molecule has 0 aliphatic rings. The maximum Gasteiger partial charge on any atom is 0.0662 e. The zero-order valence-corrected chi connectivity index (χ0v) is 14.8. The molecule has 0 saturated heterocycles. The lowest BCUT2D eigenvalue weighted by atomic mass is 10.1. The van der Waals surface area contributed by atoms with Gasteiger partial charge in [0.05, 0.1) is 17.9 Å². The third-order valence-corrected chi connectivity index (χ3v) is 4.59. The molecule has 0 unspecified atom stereocenters. The molecule has 2 aromatic heterocycles. The predicted molar refractivity (Wildman–Crippen MR) is 95.9 cm³/mol. The summed E-state index contributed by atoms with van der Waals surface area (Å²) in [5.41, 5.74) is 8.32. The van der Waals surface area contributed by atoms with Crippen LogP contribution in [0, 0.1) is 27.7 Å². The Kier molecular flexibility index (Phi) is 4.81. The Labute approximate surface area is 143 Å². The second kappa shape index (κ2) is 7.01. The summed E-state index contributed by atoms with van der Waals surface area (Å²) in [5, 5.41) is 15.5. The first-order chi connectivity index (χ1) is 11.6. The van der Waals surface area contributed by atoms with E-state index in [1.54, 1.807) is 0 Å². The summed E-state index contributed by atoms with van der Waals surface area (Å²) in [5.74, 6) is 0. The molecular weight excluding hydrogens is 298 g/mol. The predicted octanol–water partition coefficient (Wildman–Crippen LogP) is 3.18. The monoisotopic (exact) mass is 323 g/mol. The van der Waals surface area contributed by atoms with Crippen LogP contribution in [0.15, 0.2) is 30.3 Å². The quantitative estimate of drug-likeness (QED) is 0.732. The van der Waals surface area contributed by atoms with Crippen molar-refractivity contribution in [2.45, 2.75) is 47.3 Å². The molecule has 0 fully saturated rings. The van der Waals surface area contributed by atoms with Crippen LogP contribution in [0.5, 0.6) is 0 Å². The van der Waals surface area contributed by atoms with Crippen molar-refractivity contribution in [1.82, 2.24) is 25.3 Å². The van der Waals surface area contributed by atoms with Crippen LogP contribution in [0.1, 0.15) is 39.5 Å². The zero-order chi connectivity index (χ0) is 17.1. The Balaban J connectivity index is 1.68. The molecule has 1 aromatic carbocycles. The van der Waals surface area contributed by atoms with Gasteiger partial charge in [-0.3, -0.25) is 9.78 Å². The van der Waals surface area contributed by atoms with Gasteiger partial charge in [-0.15, -0.1) is 0 Å². The van der Waals surface area contributed by atoms with Crippen LogP contribution in [0.25, 0.3) is 0 Å². The first kappa shape index (κ1) is 16.5. The molecule has 126 valence electrons. The van der Waals surface area contributed by atoms with E-state index < -0.39 is 0 Å². The van der Waals surface area contributed by atoms with E-state index >= 15 is 0 Å². The number of aromatic nitrogens is 4. The fourth-order valence-corrected chi connectivity index (χ4v) is 3.05. The first-order valence-corrected chi connectivity index (χ1v) is 8.34. The van der Waals surface area contributed by atoms with Crippen molar-refractivity contribution in [3.8, 4) is 0 Å². The van der Waals surface area contributed by atoms with Gasteiger partial charge in [0.15, 0.2) is 0 Å². The molecule has 0 amide bonds. The molecule has 3 aromatic rings. The highest BCUT2D eigenvalue weighted by Crippen LogP contribution is 2.15. The zero-order valence-electron chi connectivity index (χ0n) is 14.8. The standard InChI is InChI=1S/C19H25N5/c1-13-18(14(2)22-21-13)10-20-11-19-15(3)23-24(16(19)4)12-17-8-6-5-7-9-17/h5-9,20H,10-12H2,1-4H3,(H,21,22). The Bertz CT molecular complexity index is 794. The van der Waals surface area contributed by atoms with E-state index in [1.807, 2.05) is 13.0 Å². The van der Waals surface area contributed by atoms with Gasteiger partial charge in [-0.25, -0.2) is 0 Å². The SMILES string of the molecule is Cc1n[nH]c(C)c1CNCc1c(C)nn(Cc2ccccc2)c1C. The summed E-state index contributed by atoms with van der Waals surface area (Å²) < 4.78 is 2.09. The number of nitrogens with zero attached hydrogens (tertiary/aromatic N) is 3.